The molecule has 0 saturated heterocycles. The summed E-state index contributed by atoms with van der Waals surface area (Å²) < 4.78 is 10.8. The highest BCUT2D eigenvalue weighted by atomic mass is 79.9. The maximum Gasteiger partial charge on any atom is 0.302 e. The minimum absolute atomic E-state index is 0. The molecule has 0 aliphatic heterocycles. The molecule has 2 rings (SSSR count). The molecule has 0 N–H and O–H groups in total. The van der Waals surface area contributed by atoms with Gasteiger partial charge in [0.25, 0.3) is 0 Å². The summed E-state index contributed by atoms with van der Waals surface area (Å²) in [6.45, 7) is 4.99. The van der Waals surface area contributed by atoms with E-state index in [1.54, 1.807) is 0 Å². The van der Waals surface area contributed by atoms with Crippen LogP contribution < -0.4 is 34.0 Å². The van der Waals surface area contributed by atoms with Crippen LogP contribution in [0.25, 0.3) is 11.1 Å². The van der Waals surface area contributed by atoms with Crippen molar-refractivity contribution in [2.45, 2.75) is 13.8 Å². The van der Waals surface area contributed by atoms with Crippen molar-refractivity contribution in [3.05, 3.63) is 59.7 Å². The third-order valence-corrected chi connectivity index (χ3v) is 5.89. The first-order chi connectivity index (χ1) is 16.8. The van der Waals surface area contributed by atoms with Crippen LogP contribution in [-0.2, 0) is 19.1 Å². The van der Waals surface area contributed by atoms with Crippen LogP contribution in [0.5, 0.6) is 0 Å². The second-order valence-electron chi connectivity index (χ2n) is 10.3. The molecule has 0 aliphatic carbocycles. The van der Waals surface area contributed by atoms with Crippen LogP contribution in [0.15, 0.2) is 48.5 Å². The molecule has 0 aliphatic rings. The summed E-state index contributed by atoms with van der Waals surface area (Å²) in [4.78, 5) is 47.4. The predicted octanol–water partition coefficient (Wildman–Crippen LogP) is -2.99. The van der Waals surface area contributed by atoms with E-state index in [0.717, 1.165) is 11.1 Å². The Morgan fingerprint density at radius 3 is 1.13 bits per heavy atom. The third kappa shape index (κ3) is 12.4. The average Bonchev–Trinajstić information content (AvgIpc) is 2.77. The van der Waals surface area contributed by atoms with Crippen LogP contribution in [-0.4, -0.2) is 100 Å². The molecule has 0 unspecified atom stereocenters. The Labute approximate surface area is 246 Å². The van der Waals surface area contributed by atoms with Crippen molar-refractivity contribution >= 4 is 23.5 Å². The zero-order valence-electron chi connectivity index (χ0n) is 23.0. The van der Waals surface area contributed by atoms with Gasteiger partial charge in [0.2, 0.25) is 11.6 Å². The van der Waals surface area contributed by atoms with Gasteiger partial charge in [-0.3, -0.25) is 19.2 Å². The van der Waals surface area contributed by atoms with Crippen LogP contribution >= 0.6 is 0 Å². The van der Waals surface area contributed by atoms with Crippen LogP contribution in [0.1, 0.15) is 34.6 Å². The number of nitrogens with zero attached hydrogens (tertiary/aromatic N) is 2. The molecule has 0 amide bonds. The average molecular weight is 658 g/mol. The van der Waals surface area contributed by atoms with Crippen molar-refractivity contribution in [2.24, 2.45) is 0 Å². The van der Waals surface area contributed by atoms with E-state index < -0.39 is 0 Å². The van der Waals surface area contributed by atoms with E-state index in [4.69, 9.17) is 9.47 Å². The maximum atomic E-state index is 12.8. The van der Waals surface area contributed by atoms with Gasteiger partial charge in [-0.05, 0) is 11.1 Å². The number of carbonyl (C=O) groups is 4. The summed E-state index contributed by atoms with van der Waals surface area (Å²) >= 11 is 0. The first-order valence-electron chi connectivity index (χ1n) is 12.0. The molecule has 0 fully saturated rings. The Balaban J connectivity index is 0.00000684. The highest BCUT2D eigenvalue weighted by Gasteiger charge is 2.23. The standard InChI is InChI=1S/C28H38N2O6.2BrH/c1-21(31)35-17-15-29(3,4)19-27(33)25-11-7-23(8-12-25)24-9-13-26(14-10-24)28(34)20-30(5,6)16-18-36-22(2)32;;/h7-14H,15-20H2,1-6H3;2*1H/q+2;;/p-2. The summed E-state index contributed by atoms with van der Waals surface area (Å²) in [6, 6.07) is 14.8. The molecule has 0 atom stereocenters. The Morgan fingerprint density at radius 2 is 0.868 bits per heavy atom. The van der Waals surface area contributed by atoms with E-state index in [9.17, 15) is 19.2 Å². The minimum atomic E-state index is -0.325. The van der Waals surface area contributed by atoms with Gasteiger partial charge in [0.05, 0.1) is 28.2 Å². The van der Waals surface area contributed by atoms with Crippen molar-refractivity contribution < 1.29 is 71.6 Å². The van der Waals surface area contributed by atoms with E-state index in [2.05, 4.69) is 0 Å². The quantitative estimate of drug-likeness (QED) is 0.130. The molecule has 210 valence electrons. The van der Waals surface area contributed by atoms with Crippen molar-refractivity contribution in [1.82, 2.24) is 0 Å². The van der Waals surface area contributed by atoms with E-state index in [0.29, 0.717) is 46.3 Å². The lowest BCUT2D eigenvalue weighted by molar-refractivity contribution is -0.882. The van der Waals surface area contributed by atoms with Crippen molar-refractivity contribution in [3.63, 3.8) is 0 Å². The van der Waals surface area contributed by atoms with Gasteiger partial charge in [0.1, 0.15) is 39.4 Å². The maximum absolute atomic E-state index is 12.8. The van der Waals surface area contributed by atoms with Crippen LogP contribution in [0.4, 0.5) is 0 Å². The summed E-state index contributed by atoms with van der Waals surface area (Å²) in [5, 5.41) is 0. The Bertz CT molecular complexity index is 996. The molecule has 0 radical (unpaired) electrons. The minimum Gasteiger partial charge on any atom is -1.00 e. The zero-order chi connectivity index (χ0) is 26.9. The Hall–Kier alpha value is -2.40. The van der Waals surface area contributed by atoms with Gasteiger partial charge in [-0.15, -0.1) is 0 Å². The molecule has 0 aromatic heterocycles. The molecule has 0 bridgehead atoms. The number of halogens is 2. The fourth-order valence-corrected chi connectivity index (χ4v) is 3.69. The van der Waals surface area contributed by atoms with Gasteiger partial charge in [-0.2, -0.15) is 0 Å². The first-order valence-corrected chi connectivity index (χ1v) is 12.0. The molecular weight excluding hydrogens is 620 g/mol. The molecule has 2 aromatic rings. The number of ketones is 2. The number of benzene rings is 2. The number of hydrogen-bond donors (Lipinski definition) is 0. The SMILES string of the molecule is CC(=O)OCC[N+](C)(C)CC(=O)c1ccc(-c2ccc(C(=O)C[N+](C)(C)CCOC(C)=O)cc2)cc1.[Br-].[Br-]. The second-order valence-corrected chi connectivity index (χ2v) is 10.3. The van der Waals surface area contributed by atoms with Crippen molar-refractivity contribution in [3.8, 4) is 11.1 Å². The van der Waals surface area contributed by atoms with Crippen molar-refractivity contribution in [2.75, 3.05) is 67.6 Å². The van der Waals surface area contributed by atoms with Crippen LogP contribution in [0.3, 0.4) is 0 Å². The summed E-state index contributed by atoms with van der Waals surface area (Å²) in [5.74, 6) is -0.614. The monoisotopic (exact) mass is 656 g/mol. The van der Waals surface area contributed by atoms with Crippen molar-refractivity contribution in [1.29, 1.82) is 0 Å². The highest BCUT2D eigenvalue weighted by Crippen LogP contribution is 2.21. The summed E-state index contributed by atoms with van der Waals surface area (Å²) in [5.41, 5.74) is 3.15. The van der Waals surface area contributed by atoms with Gasteiger partial charge in [-0.1, -0.05) is 48.5 Å². The van der Waals surface area contributed by atoms with Gasteiger partial charge in [0, 0.05) is 25.0 Å². The number of carbonyl (C=O) groups excluding carboxylic acids is 4. The largest absolute Gasteiger partial charge is 1.00 e. The Morgan fingerprint density at radius 1 is 0.579 bits per heavy atom. The summed E-state index contributed by atoms with van der Waals surface area (Å²) in [7, 11) is 7.72. The third-order valence-electron chi connectivity index (χ3n) is 5.89. The fourth-order valence-electron chi connectivity index (χ4n) is 3.69. The smallest absolute Gasteiger partial charge is 0.302 e. The molecule has 2 aromatic carbocycles. The lowest BCUT2D eigenvalue weighted by Gasteiger charge is -2.28. The van der Waals surface area contributed by atoms with Gasteiger partial charge < -0.3 is 52.4 Å². The van der Waals surface area contributed by atoms with E-state index in [-0.39, 0.29) is 70.7 Å². The number of esters is 2. The predicted molar refractivity (Wildman–Crippen MR) is 137 cm³/mol. The number of ether oxygens (including phenoxy) is 2. The highest BCUT2D eigenvalue weighted by molar-refractivity contribution is 5.98. The topological polar surface area (TPSA) is 86.7 Å². The molecule has 0 spiro atoms. The van der Waals surface area contributed by atoms with E-state index >= 15 is 0 Å². The van der Waals surface area contributed by atoms with E-state index in [1.807, 2.05) is 76.7 Å². The Kier molecular flexibility index (Phi) is 14.9. The number of quaternary nitrogens is 2. The number of likely N-dealkylation sites (N-methyl/N-ethyl adjacent to an activating group) is 2. The van der Waals surface area contributed by atoms with Crippen LogP contribution in [0, 0.1) is 0 Å². The molecule has 10 heteroatoms. The normalized spacial score (nSPS) is 11.0. The summed E-state index contributed by atoms with van der Waals surface area (Å²) in [6.07, 6.45) is 0. The number of hydrogen-bond acceptors (Lipinski definition) is 6. The lowest BCUT2D eigenvalue weighted by Crippen LogP contribution is -3.00. The second kappa shape index (κ2) is 15.9. The van der Waals surface area contributed by atoms with Gasteiger partial charge in [0.15, 0.2) is 0 Å². The van der Waals surface area contributed by atoms with Gasteiger partial charge in [-0.25, -0.2) is 0 Å². The molecule has 0 heterocycles. The molecular formula is C28H38Br2N2O6. The fraction of sp³-hybridized carbons (Fsp3) is 0.429. The van der Waals surface area contributed by atoms with E-state index in [1.165, 1.54) is 13.8 Å². The van der Waals surface area contributed by atoms with Gasteiger partial charge >= 0.3 is 11.9 Å². The first kappa shape index (κ1) is 35.6. The number of rotatable bonds is 13. The zero-order valence-corrected chi connectivity index (χ0v) is 26.1. The molecule has 0 saturated carbocycles. The van der Waals surface area contributed by atoms with Crippen LogP contribution in [0.2, 0.25) is 0 Å². The molecule has 38 heavy (non-hydrogen) atoms. The molecule has 8 nitrogen and oxygen atoms in total. The number of Topliss-reactive ketones (excluding diaryl/α,β-unsaturated/α-hetero) is 2. The lowest BCUT2D eigenvalue weighted by atomic mass is 10.00.